The van der Waals surface area contributed by atoms with Crippen molar-refractivity contribution in [3.8, 4) is 0 Å². The lowest BCUT2D eigenvalue weighted by molar-refractivity contribution is -0.129. The van der Waals surface area contributed by atoms with E-state index in [1.165, 1.54) is 19.3 Å². The van der Waals surface area contributed by atoms with E-state index in [2.05, 4.69) is 24.5 Å². The molecule has 42 heavy (non-hydrogen) atoms. The lowest BCUT2D eigenvalue weighted by atomic mass is 9.49. The topological polar surface area (TPSA) is 85.0 Å². The van der Waals surface area contributed by atoms with Gasteiger partial charge in [0.15, 0.2) is 6.04 Å². The molecule has 1 atom stereocenters. The minimum absolute atomic E-state index is 0.0765. The predicted octanol–water partition coefficient (Wildman–Crippen LogP) is 5.89. The molecule has 2 N–H and O–H groups in total. The van der Waals surface area contributed by atoms with Gasteiger partial charge in [-0.05, 0) is 104 Å². The number of para-hydroxylation sites is 2. The van der Waals surface area contributed by atoms with E-state index >= 15 is 0 Å². The van der Waals surface area contributed by atoms with Gasteiger partial charge in [-0.2, -0.15) is 0 Å². The molecule has 4 saturated carbocycles. The second-order valence-electron chi connectivity index (χ2n) is 14.0. The molecule has 224 valence electrons. The molecule has 0 aromatic heterocycles. The maximum Gasteiger partial charge on any atom is 0.320 e. The molecule has 5 aliphatic rings. The highest BCUT2D eigenvalue weighted by Gasteiger charge is 2.53. The number of carbonyl (C=O) groups excluding carboxylic acids is 3. The average molecular weight is 572 g/mol. The molecule has 8 heteroatoms. The first kappa shape index (κ1) is 28.6. The number of carbonyl (C=O) groups is 3. The molecule has 8 nitrogen and oxygen atoms in total. The van der Waals surface area contributed by atoms with E-state index in [4.69, 9.17) is 0 Å². The third-order valence-electron chi connectivity index (χ3n) is 9.97. The molecule has 0 saturated heterocycles. The zero-order chi connectivity index (χ0) is 29.6. The second-order valence-corrected chi connectivity index (χ2v) is 14.0. The van der Waals surface area contributed by atoms with E-state index in [9.17, 15) is 14.4 Å². The van der Waals surface area contributed by atoms with Crippen molar-refractivity contribution < 1.29 is 14.4 Å². The summed E-state index contributed by atoms with van der Waals surface area (Å²) in [4.78, 5) is 47.6. The van der Waals surface area contributed by atoms with Crippen LogP contribution in [0.15, 0.2) is 48.5 Å². The van der Waals surface area contributed by atoms with Crippen molar-refractivity contribution in [2.45, 2.75) is 64.8 Å². The molecule has 4 fully saturated rings. The van der Waals surface area contributed by atoms with E-state index in [0.717, 1.165) is 60.5 Å². The molecule has 1 aliphatic heterocycles. The van der Waals surface area contributed by atoms with Crippen LogP contribution in [0.4, 0.5) is 27.5 Å². The monoisotopic (exact) mass is 571 g/mol. The summed E-state index contributed by atoms with van der Waals surface area (Å²) in [6.45, 7) is 5.34. The lowest BCUT2D eigenvalue weighted by Gasteiger charge is -2.57. The third-order valence-corrected chi connectivity index (χ3v) is 9.97. The van der Waals surface area contributed by atoms with Crippen LogP contribution in [-0.4, -0.2) is 51.1 Å². The van der Waals surface area contributed by atoms with Gasteiger partial charge in [0.1, 0.15) is 0 Å². The fourth-order valence-electron chi connectivity index (χ4n) is 8.46. The maximum absolute atomic E-state index is 14.5. The molecule has 2 aromatic rings. The first-order valence-corrected chi connectivity index (χ1v) is 15.7. The number of hydrogen-bond donors (Lipinski definition) is 2. The normalized spacial score (nSPS) is 28.1. The van der Waals surface area contributed by atoms with E-state index in [1.807, 2.05) is 66.4 Å². The minimum Gasteiger partial charge on any atom is -0.378 e. The Kier molecular flexibility index (Phi) is 7.66. The number of nitrogens with zero attached hydrogens (tertiary/aromatic N) is 3. The Hall–Kier alpha value is -3.55. The van der Waals surface area contributed by atoms with Crippen LogP contribution in [0.25, 0.3) is 0 Å². The number of amides is 4. The number of urea groups is 1. The fraction of sp³-hybridized carbons (Fsp3) is 0.559. The van der Waals surface area contributed by atoms with Crippen LogP contribution in [-0.2, 0) is 9.59 Å². The van der Waals surface area contributed by atoms with Crippen LogP contribution in [0.5, 0.6) is 0 Å². The molecule has 2 aromatic carbocycles. The summed E-state index contributed by atoms with van der Waals surface area (Å²) >= 11 is 0. The summed E-state index contributed by atoms with van der Waals surface area (Å²) in [5.74, 6) is 1.90. The quantitative estimate of drug-likeness (QED) is 0.387. The van der Waals surface area contributed by atoms with Crippen molar-refractivity contribution in [2.24, 2.45) is 29.1 Å². The van der Waals surface area contributed by atoms with Gasteiger partial charge >= 0.3 is 6.03 Å². The molecule has 4 bridgehead atoms. The van der Waals surface area contributed by atoms with E-state index in [-0.39, 0.29) is 17.2 Å². The number of fused-ring (bicyclic) bond motifs is 1. The zero-order valence-electron chi connectivity index (χ0n) is 25.4. The Bertz CT molecular complexity index is 1320. The van der Waals surface area contributed by atoms with Crippen LogP contribution in [0.3, 0.4) is 0 Å². The van der Waals surface area contributed by atoms with Gasteiger partial charge in [-0.1, -0.05) is 32.0 Å². The van der Waals surface area contributed by atoms with Crippen LogP contribution in [0.1, 0.15) is 58.8 Å². The van der Waals surface area contributed by atoms with Crippen molar-refractivity contribution in [1.29, 1.82) is 0 Å². The molecule has 0 spiro atoms. The van der Waals surface area contributed by atoms with Crippen molar-refractivity contribution in [3.63, 3.8) is 0 Å². The number of rotatable bonds is 8. The van der Waals surface area contributed by atoms with Crippen molar-refractivity contribution >= 4 is 40.6 Å². The van der Waals surface area contributed by atoms with Gasteiger partial charge in [0.2, 0.25) is 0 Å². The van der Waals surface area contributed by atoms with E-state index in [0.29, 0.717) is 24.7 Å². The third kappa shape index (κ3) is 5.60. The van der Waals surface area contributed by atoms with Crippen LogP contribution in [0.2, 0.25) is 0 Å². The van der Waals surface area contributed by atoms with Crippen LogP contribution < -0.4 is 25.3 Å². The van der Waals surface area contributed by atoms with Gasteiger partial charge in [0, 0.05) is 38.6 Å². The zero-order valence-corrected chi connectivity index (χ0v) is 25.4. The van der Waals surface area contributed by atoms with Crippen molar-refractivity contribution in [3.05, 3.63) is 48.5 Å². The highest BCUT2D eigenvalue weighted by molar-refractivity contribution is 6.21. The Morgan fingerprint density at radius 2 is 1.50 bits per heavy atom. The maximum atomic E-state index is 14.5. The molecule has 4 amide bonds. The summed E-state index contributed by atoms with van der Waals surface area (Å²) in [7, 11) is 3.87. The Morgan fingerprint density at radius 3 is 2.10 bits per heavy atom. The second kappa shape index (κ2) is 11.3. The first-order valence-electron chi connectivity index (χ1n) is 15.7. The SMILES string of the molecule is CC(C)CCN1C(=O)C(NC(=O)Nc2cccc(N(C)C)c2)C(=O)N(CC23CC4CC(CC(C4)C2)C3)c2ccccc21. The van der Waals surface area contributed by atoms with E-state index in [1.54, 1.807) is 11.0 Å². The average Bonchev–Trinajstić information content (AvgIpc) is 3.00. The standard InChI is InChI=1S/C34H45N5O3/c1-22(2)12-13-38-28-10-5-6-11-29(28)39(21-34-18-23-14-24(19-34)16-25(15-23)20-34)32(41)30(31(38)40)36-33(42)35-26-8-7-9-27(17-26)37(3)4/h5-11,17,22-25,30H,12-16,18-21H2,1-4H3,(H2,35,36,42). The molecular formula is C34H45N5O3. The summed E-state index contributed by atoms with van der Waals surface area (Å²) in [5, 5.41) is 5.66. The largest absolute Gasteiger partial charge is 0.378 e. The van der Waals surface area contributed by atoms with Gasteiger partial charge in [-0.15, -0.1) is 0 Å². The van der Waals surface area contributed by atoms with Gasteiger partial charge < -0.3 is 25.3 Å². The summed E-state index contributed by atoms with van der Waals surface area (Å²) in [6, 6.07) is 13.4. The number of benzene rings is 2. The van der Waals surface area contributed by atoms with Crippen LogP contribution >= 0.6 is 0 Å². The van der Waals surface area contributed by atoms with Crippen molar-refractivity contribution in [2.75, 3.05) is 47.2 Å². The van der Waals surface area contributed by atoms with Crippen LogP contribution in [0, 0.1) is 29.1 Å². The molecule has 0 radical (unpaired) electrons. The van der Waals surface area contributed by atoms with Gasteiger partial charge in [0.25, 0.3) is 11.8 Å². The minimum atomic E-state index is -1.31. The molecular weight excluding hydrogens is 526 g/mol. The highest BCUT2D eigenvalue weighted by Crippen LogP contribution is 2.60. The first-order chi connectivity index (χ1) is 20.1. The van der Waals surface area contributed by atoms with Crippen molar-refractivity contribution in [1.82, 2.24) is 5.32 Å². The summed E-state index contributed by atoms with van der Waals surface area (Å²) < 4.78 is 0. The van der Waals surface area contributed by atoms with Gasteiger partial charge in [-0.3, -0.25) is 9.59 Å². The number of hydrogen-bond acceptors (Lipinski definition) is 4. The Balaban J connectivity index is 1.32. The molecule has 1 unspecified atom stereocenters. The number of nitrogens with one attached hydrogen (secondary N) is 2. The molecule has 1 heterocycles. The molecule has 7 rings (SSSR count). The predicted molar refractivity (Wildman–Crippen MR) is 168 cm³/mol. The number of anilines is 4. The summed E-state index contributed by atoms with van der Waals surface area (Å²) in [6.07, 6.45) is 8.21. The smallest absolute Gasteiger partial charge is 0.320 e. The van der Waals surface area contributed by atoms with E-state index < -0.39 is 12.1 Å². The highest BCUT2D eigenvalue weighted by atomic mass is 16.2. The Labute approximate surface area is 249 Å². The van der Waals surface area contributed by atoms with Gasteiger partial charge in [0.05, 0.1) is 11.4 Å². The fourth-order valence-corrected chi connectivity index (χ4v) is 8.46. The Morgan fingerprint density at radius 1 is 0.905 bits per heavy atom. The molecule has 4 aliphatic carbocycles. The lowest BCUT2D eigenvalue weighted by Crippen LogP contribution is -2.59. The summed E-state index contributed by atoms with van der Waals surface area (Å²) in [5.41, 5.74) is 3.14. The van der Waals surface area contributed by atoms with Gasteiger partial charge in [-0.25, -0.2) is 4.79 Å².